The fourth-order valence-electron chi connectivity index (χ4n) is 0. The Morgan fingerprint density at radius 2 is 0.308 bits per heavy atom. The van der Waals surface area contributed by atoms with Crippen molar-refractivity contribution in [2.75, 3.05) is 0 Å². The summed E-state index contributed by atoms with van der Waals surface area (Å²) in [5, 5.41) is 88.5. The van der Waals surface area contributed by atoms with Crippen molar-refractivity contribution >= 4 is 17.4 Å². The second-order valence-electron chi connectivity index (χ2n) is 1.34. The van der Waals surface area contributed by atoms with E-state index in [1.807, 2.05) is 0 Å². The minimum atomic E-state index is -1.75. The molecule has 0 saturated heterocycles. The molecule has 0 unspecified atom stereocenters. The molecule has 0 spiro atoms. The third-order valence-electron chi connectivity index (χ3n) is 0. The van der Waals surface area contributed by atoms with Gasteiger partial charge < -0.3 is 91.9 Å². The topological polar surface area (TPSA) is 397 Å². The molecule has 24 nitrogen and oxygen atoms in total. The van der Waals surface area contributed by atoms with Gasteiger partial charge in [-0.1, -0.05) is 0 Å². The summed E-state index contributed by atoms with van der Waals surface area (Å²) in [6.45, 7) is 0. The summed E-state index contributed by atoms with van der Waals surface area (Å²) in [5.74, 6) is 0. The molecular formula is AlN6O18Y. The van der Waals surface area contributed by atoms with Gasteiger partial charge in [-0.25, -0.2) is 0 Å². The van der Waals surface area contributed by atoms with Gasteiger partial charge in [-0.2, -0.15) is 0 Å². The standard InChI is InChI=1S/Al.6NO3.Y/c;6*2-1(3)4;/q+3;6*-1;+3. The van der Waals surface area contributed by atoms with Crippen molar-refractivity contribution in [3.63, 3.8) is 0 Å². The molecule has 26 heteroatoms. The molecule has 0 bridgehead atoms. The minimum absolute atomic E-state index is 0. The average Bonchev–Trinajstić information content (AvgIpc) is 2.08. The largest absolute Gasteiger partial charge is 3.00 e. The normalized spacial score (nSPS) is 5.54. The SMILES string of the molecule is O=[N+]([O-])[O-].O=[N+]([O-])[O-].O=[N+]([O-])[O-].O=[N+]([O-])[O-].O=[N+]([O-])[O-].O=[N+]([O-])[O-].[Al+3].[Y+3]. The molecule has 0 heterocycles. The Labute approximate surface area is 172 Å². The van der Waals surface area contributed by atoms with Gasteiger partial charge in [-0.05, 0) is 0 Å². The van der Waals surface area contributed by atoms with E-state index >= 15 is 0 Å². The van der Waals surface area contributed by atoms with E-state index in [4.69, 9.17) is 91.9 Å². The Kier molecular flexibility index (Phi) is 81.9. The van der Waals surface area contributed by atoms with Crippen LogP contribution in [-0.4, -0.2) is 47.9 Å². The molecule has 0 aliphatic carbocycles. The molecule has 0 atom stereocenters. The summed E-state index contributed by atoms with van der Waals surface area (Å²) in [7, 11) is 0. The number of rotatable bonds is 0. The number of hydrogen-bond acceptors (Lipinski definition) is 18. The van der Waals surface area contributed by atoms with Crippen LogP contribution < -0.4 is 0 Å². The van der Waals surface area contributed by atoms with Crippen LogP contribution in [0.25, 0.3) is 0 Å². The molecule has 0 aliphatic rings. The molecule has 144 valence electrons. The van der Waals surface area contributed by atoms with Crippen LogP contribution in [0.15, 0.2) is 0 Å². The van der Waals surface area contributed by atoms with E-state index in [0.717, 1.165) is 0 Å². The zero-order valence-electron chi connectivity index (χ0n) is 11.2. The third kappa shape index (κ3) is 819. The van der Waals surface area contributed by atoms with Gasteiger partial charge in [-0.15, -0.1) is 0 Å². The molecule has 0 fully saturated rings. The summed E-state index contributed by atoms with van der Waals surface area (Å²) in [4.78, 5) is 49.5. The molecule has 0 radical (unpaired) electrons. The van der Waals surface area contributed by atoms with Gasteiger partial charge in [0, 0.05) is 0 Å². The Morgan fingerprint density at radius 1 is 0.308 bits per heavy atom. The zero-order valence-corrected chi connectivity index (χ0v) is 15.2. The minimum Gasteiger partial charge on any atom is -0.356 e. The first-order valence-corrected chi connectivity index (χ1v) is 3.29. The first-order valence-electron chi connectivity index (χ1n) is 3.29. The quantitative estimate of drug-likeness (QED) is 0.206. The smallest absolute Gasteiger partial charge is 0.356 e. The summed E-state index contributed by atoms with van der Waals surface area (Å²) < 4.78 is 0. The van der Waals surface area contributed by atoms with E-state index in [1.165, 1.54) is 0 Å². The summed E-state index contributed by atoms with van der Waals surface area (Å²) >= 11 is 0. The summed E-state index contributed by atoms with van der Waals surface area (Å²) in [5.41, 5.74) is 0. The van der Waals surface area contributed by atoms with Gasteiger partial charge in [0.2, 0.25) is 0 Å². The molecular weight excluding hydrogens is 488 g/mol. The molecule has 0 aromatic heterocycles. The van der Waals surface area contributed by atoms with Gasteiger partial charge in [-0.3, -0.25) is 0 Å². The first-order chi connectivity index (χ1) is 10.4. The maximum absolute atomic E-state index is 8.25. The third-order valence-corrected chi connectivity index (χ3v) is 0. The van der Waals surface area contributed by atoms with Crippen LogP contribution in [0.5, 0.6) is 0 Å². The molecule has 26 heavy (non-hydrogen) atoms. The van der Waals surface area contributed by atoms with Gasteiger partial charge >= 0.3 is 50.1 Å². The van der Waals surface area contributed by atoms with Gasteiger partial charge in [0.25, 0.3) is 0 Å². The second kappa shape index (κ2) is 43.1. The first kappa shape index (κ1) is 49.5. The number of nitrogens with zero attached hydrogens (tertiary/aromatic N) is 6. The maximum atomic E-state index is 8.25. The monoisotopic (exact) mass is 488 g/mol. The Morgan fingerprint density at radius 3 is 0.308 bits per heavy atom. The van der Waals surface area contributed by atoms with E-state index in [0.29, 0.717) is 0 Å². The van der Waals surface area contributed by atoms with E-state index < -0.39 is 30.5 Å². The van der Waals surface area contributed by atoms with Crippen molar-refractivity contribution in [1.82, 2.24) is 0 Å². The average molecular weight is 488 g/mol. The molecule has 0 amide bonds. The zero-order chi connectivity index (χ0) is 21.5. The van der Waals surface area contributed by atoms with Crippen LogP contribution in [0.4, 0.5) is 0 Å². The van der Waals surface area contributed by atoms with E-state index in [1.54, 1.807) is 0 Å². The molecule has 0 rings (SSSR count). The van der Waals surface area contributed by atoms with Crippen molar-refractivity contribution in [1.29, 1.82) is 0 Å². The van der Waals surface area contributed by atoms with Crippen molar-refractivity contribution in [3.8, 4) is 0 Å². The summed E-state index contributed by atoms with van der Waals surface area (Å²) in [6, 6.07) is 0. The van der Waals surface area contributed by atoms with Crippen molar-refractivity contribution in [2.24, 2.45) is 0 Å². The molecule has 0 aliphatic heterocycles. The predicted molar refractivity (Wildman–Crippen MR) is 67.9 cm³/mol. The molecule has 0 aromatic rings. The van der Waals surface area contributed by atoms with Crippen molar-refractivity contribution in [2.45, 2.75) is 0 Å². The van der Waals surface area contributed by atoms with Gasteiger partial charge in [0.05, 0.1) is 30.5 Å². The fraction of sp³-hybridized carbons (Fsp3) is 0. The van der Waals surface area contributed by atoms with Crippen LogP contribution in [0.3, 0.4) is 0 Å². The molecule has 0 aromatic carbocycles. The predicted octanol–water partition coefficient (Wildman–Crippen LogP) is -1.82. The Bertz CT molecular complexity index is 263. The van der Waals surface area contributed by atoms with Crippen molar-refractivity contribution in [3.05, 3.63) is 91.9 Å². The maximum Gasteiger partial charge on any atom is 3.00 e. The van der Waals surface area contributed by atoms with E-state index in [9.17, 15) is 0 Å². The van der Waals surface area contributed by atoms with Gasteiger partial charge in [0.1, 0.15) is 0 Å². The van der Waals surface area contributed by atoms with Crippen molar-refractivity contribution < 1.29 is 63.2 Å². The van der Waals surface area contributed by atoms with E-state index in [2.05, 4.69) is 0 Å². The van der Waals surface area contributed by atoms with Crippen LogP contribution in [-0.2, 0) is 32.7 Å². The Balaban J connectivity index is -0.0000000245. The van der Waals surface area contributed by atoms with Crippen LogP contribution in [0.1, 0.15) is 0 Å². The second-order valence-corrected chi connectivity index (χ2v) is 1.34. The van der Waals surface area contributed by atoms with Crippen LogP contribution in [0.2, 0.25) is 0 Å². The molecule has 0 saturated carbocycles. The fourth-order valence-corrected chi connectivity index (χ4v) is 0. The molecule has 0 N–H and O–H groups in total. The number of hydrogen-bond donors (Lipinski definition) is 0. The van der Waals surface area contributed by atoms with Crippen LogP contribution in [0, 0.1) is 91.9 Å². The Hall–Kier alpha value is -3.16. The van der Waals surface area contributed by atoms with Gasteiger partial charge in [0.15, 0.2) is 0 Å². The summed E-state index contributed by atoms with van der Waals surface area (Å²) in [6.07, 6.45) is 0. The van der Waals surface area contributed by atoms with E-state index in [-0.39, 0.29) is 50.1 Å². The van der Waals surface area contributed by atoms with Crippen LogP contribution >= 0.6 is 0 Å².